The number of amides is 1. The number of carbonyl (C=O) groups is 1. The van der Waals surface area contributed by atoms with Crippen LogP contribution in [0.3, 0.4) is 0 Å². The summed E-state index contributed by atoms with van der Waals surface area (Å²) in [5.41, 5.74) is 1.40. The summed E-state index contributed by atoms with van der Waals surface area (Å²) >= 11 is 0. The van der Waals surface area contributed by atoms with Crippen LogP contribution in [0.2, 0.25) is 0 Å². The molecule has 0 radical (unpaired) electrons. The molecule has 2 aromatic rings. The van der Waals surface area contributed by atoms with E-state index in [4.69, 9.17) is 4.52 Å². The maximum Gasteiger partial charge on any atom is 0.260 e. The van der Waals surface area contributed by atoms with E-state index in [2.05, 4.69) is 20.8 Å². The smallest absolute Gasteiger partial charge is 0.260 e. The van der Waals surface area contributed by atoms with Gasteiger partial charge in [0.15, 0.2) is 5.82 Å². The maximum atomic E-state index is 11.7. The molecule has 0 aliphatic carbocycles. The number of nitrogens with zero attached hydrogens (tertiary/aromatic N) is 2. The topological polar surface area (TPSA) is 80.0 Å². The summed E-state index contributed by atoms with van der Waals surface area (Å²) in [4.78, 5) is 15.9. The van der Waals surface area contributed by atoms with Gasteiger partial charge in [0, 0.05) is 13.0 Å². The summed E-state index contributed by atoms with van der Waals surface area (Å²) in [7, 11) is 1.81. The van der Waals surface area contributed by atoms with E-state index in [1.54, 1.807) is 6.92 Å². The van der Waals surface area contributed by atoms with Crippen molar-refractivity contribution in [2.45, 2.75) is 13.3 Å². The zero-order valence-electron chi connectivity index (χ0n) is 10.9. The van der Waals surface area contributed by atoms with Crippen molar-refractivity contribution in [1.82, 2.24) is 15.5 Å². The van der Waals surface area contributed by atoms with E-state index < -0.39 is 0 Å². The second-order valence-electron chi connectivity index (χ2n) is 4.09. The molecule has 100 valence electrons. The lowest BCUT2D eigenvalue weighted by atomic mass is 10.1. The third-order valence-corrected chi connectivity index (χ3v) is 2.56. The third-order valence-electron chi connectivity index (χ3n) is 2.56. The Morgan fingerprint density at radius 1 is 1.37 bits per heavy atom. The number of hydrogen-bond acceptors (Lipinski definition) is 5. The monoisotopic (exact) mass is 260 g/mol. The van der Waals surface area contributed by atoms with E-state index in [1.807, 2.05) is 31.3 Å². The average molecular weight is 260 g/mol. The van der Waals surface area contributed by atoms with Crippen molar-refractivity contribution >= 4 is 11.6 Å². The predicted octanol–water partition coefficient (Wildman–Crippen LogP) is 1.59. The van der Waals surface area contributed by atoms with Crippen LogP contribution in [0.5, 0.6) is 0 Å². The summed E-state index contributed by atoms with van der Waals surface area (Å²) in [5, 5.41) is 9.53. The van der Waals surface area contributed by atoms with E-state index in [9.17, 15) is 4.79 Å². The number of aromatic nitrogens is 2. The molecule has 0 aliphatic rings. The van der Waals surface area contributed by atoms with E-state index in [0.717, 1.165) is 5.56 Å². The van der Waals surface area contributed by atoms with Gasteiger partial charge in [-0.2, -0.15) is 4.98 Å². The average Bonchev–Trinajstić information content (AvgIpc) is 2.83. The fraction of sp³-hybridized carbons (Fsp3) is 0.308. The first-order chi connectivity index (χ1) is 9.20. The van der Waals surface area contributed by atoms with Crippen LogP contribution in [-0.4, -0.2) is 29.6 Å². The van der Waals surface area contributed by atoms with Gasteiger partial charge in [0.2, 0.25) is 5.91 Å². The van der Waals surface area contributed by atoms with Gasteiger partial charge in [0.05, 0.1) is 11.3 Å². The minimum Gasteiger partial charge on any atom is -0.334 e. The highest BCUT2D eigenvalue weighted by molar-refractivity contribution is 5.94. The molecule has 0 aliphatic heterocycles. The summed E-state index contributed by atoms with van der Waals surface area (Å²) in [6.07, 6.45) is 0.410. The lowest BCUT2D eigenvalue weighted by molar-refractivity contribution is -0.116. The Bertz CT molecular complexity index is 565. The highest BCUT2D eigenvalue weighted by Crippen LogP contribution is 2.26. The van der Waals surface area contributed by atoms with E-state index in [1.165, 1.54) is 0 Å². The normalized spacial score (nSPS) is 10.4. The largest absolute Gasteiger partial charge is 0.334 e. The maximum absolute atomic E-state index is 11.7. The quantitative estimate of drug-likeness (QED) is 0.853. The van der Waals surface area contributed by atoms with Gasteiger partial charge < -0.3 is 15.2 Å². The number of nitrogens with one attached hydrogen (secondary N) is 2. The fourth-order valence-corrected chi connectivity index (χ4v) is 1.64. The van der Waals surface area contributed by atoms with Gasteiger partial charge in [0.25, 0.3) is 5.89 Å². The van der Waals surface area contributed by atoms with Crippen molar-refractivity contribution in [3.63, 3.8) is 0 Å². The SMILES string of the molecule is CNCCC(=O)Nc1ccccc1-c1nc(C)no1. The summed E-state index contributed by atoms with van der Waals surface area (Å²) in [6.45, 7) is 2.38. The number of carbonyl (C=O) groups excluding carboxylic acids is 1. The van der Waals surface area contributed by atoms with Gasteiger partial charge in [-0.1, -0.05) is 17.3 Å². The Labute approximate surface area is 111 Å². The molecule has 6 nitrogen and oxygen atoms in total. The van der Waals surface area contributed by atoms with Crippen molar-refractivity contribution in [3.8, 4) is 11.5 Å². The molecule has 6 heteroatoms. The van der Waals surface area contributed by atoms with Crippen LogP contribution in [0.1, 0.15) is 12.2 Å². The van der Waals surface area contributed by atoms with Crippen molar-refractivity contribution < 1.29 is 9.32 Å². The molecule has 0 atom stereocenters. The molecule has 0 saturated carbocycles. The Kier molecular flexibility index (Phi) is 4.25. The molecule has 19 heavy (non-hydrogen) atoms. The minimum absolute atomic E-state index is 0.0574. The van der Waals surface area contributed by atoms with Gasteiger partial charge in [-0.05, 0) is 26.1 Å². The second-order valence-corrected chi connectivity index (χ2v) is 4.09. The number of para-hydroxylation sites is 1. The molecule has 0 fully saturated rings. The zero-order valence-corrected chi connectivity index (χ0v) is 10.9. The molecule has 1 aromatic heterocycles. The van der Waals surface area contributed by atoms with Crippen LogP contribution >= 0.6 is 0 Å². The molecule has 1 aromatic carbocycles. The summed E-state index contributed by atoms with van der Waals surface area (Å²) < 4.78 is 5.13. The molecule has 0 saturated heterocycles. The molecule has 0 spiro atoms. The summed E-state index contributed by atoms with van der Waals surface area (Å²) in [5.74, 6) is 0.909. The number of benzene rings is 1. The Morgan fingerprint density at radius 2 is 2.16 bits per heavy atom. The van der Waals surface area contributed by atoms with Gasteiger partial charge in [-0.3, -0.25) is 4.79 Å². The van der Waals surface area contributed by atoms with Gasteiger partial charge in [-0.15, -0.1) is 0 Å². The van der Waals surface area contributed by atoms with Gasteiger partial charge in [-0.25, -0.2) is 0 Å². The molecule has 0 bridgehead atoms. The van der Waals surface area contributed by atoms with Gasteiger partial charge >= 0.3 is 0 Å². The standard InChI is InChI=1S/C13H16N4O2/c1-9-15-13(19-17-9)10-5-3-4-6-11(10)16-12(18)7-8-14-2/h3-6,14H,7-8H2,1-2H3,(H,16,18). The number of rotatable bonds is 5. The van der Waals surface area contributed by atoms with Gasteiger partial charge in [0.1, 0.15) is 0 Å². The zero-order chi connectivity index (χ0) is 13.7. The van der Waals surface area contributed by atoms with E-state index in [-0.39, 0.29) is 5.91 Å². The van der Waals surface area contributed by atoms with Crippen LogP contribution in [0, 0.1) is 6.92 Å². The van der Waals surface area contributed by atoms with Crippen molar-refractivity contribution in [3.05, 3.63) is 30.1 Å². The Balaban J connectivity index is 2.19. The predicted molar refractivity (Wildman–Crippen MR) is 71.6 cm³/mol. The molecular formula is C13H16N4O2. The molecule has 2 N–H and O–H groups in total. The first-order valence-electron chi connectivity index (χ1n) is 6.05. The van der Waals surface area contributed by atoms with Crippen LogP contribution in [-0.2, 0) is 4.79 Å². The Hall–Kier alpha value is -2.21. The second kappa shape index (κ2) is 6.10. The molecular weight excluding hydrogens is 244 g/mol. The number of anilines is 1. The molecule has 0 unspecified atom stereocenters. The van der Waals surface area contributed by atoms with Crippen molar-refractivity contribution in [2.24, 2.45) is 0 Å². The summed E-state index contributed by atoms with van der Waals surface area (Å²) in [6, 6.07) is 7.35. The van der Waals surface area contributed by atoms with Crippen LogP contribution in [0.4, 0.5) is 5.69 Å². The highest BCUT2D eigenvalue weighted by Gasteiger charge is 2.12. The van der Waals surface area contributed by atoms with E-state index in [0.29, 0.717) is 30.4 Å². The molecule has 1 heterocycles. The first kappa shape index (κ1) is 13.2. The first-order valence-corrected chi connectivity index (χ1v) is 6.05. The highest BCUT2D eigenvalue weighted by atomic mass is 16.5. The van der Waals surface area contributed by atoms with Crippen LogP contribution < -0.4 is 10.6 Å². The Morgan fingerprint density at radius 3 is 2.84 bits per heavy atom. The van der Waals surface area contributed by atoms with Crippen LogP contribution in [0.15, 0.2) is 28.8 Å². The third kappa shape index (κ3) is 3.38. The van der Waals surface area contributed by atoms with Crippen LogP contribution in [0.25, 0.3) is 11.5 Å². The molecule has 1 amide bonds. The molecule has 2 rings (SSSR count). The van der Waals surface area contributed by atoms with Crippen molar-refractivity contribution in [2.75, 3.05) is 18.9 Å². The fourth-order valence-electron chi connectivity index (χ4n) is 1.64. The minimum atomic E-state index is -0.0574. The lowest BCUT2D eigenvalue weighted by Crippen LogP contribution is -2.19. The van der Waals surface area contributed by atoms with Crippen molar-refractivity contribution in [1.29, 1.82) is 0 Å². The number of aryl methyl sites for hydroxylation is 1. The lowest BCUT2D eigenvalue weighted by Gasteiger charge is -2.08. The number of hydrogen-bond donors (Lipinski definition) is 2. The van der Waals surface area contributed by atoms with E-state index >= 15 is 0 Å².